The van der Waals surface area contributed by atoms with Crippen LogP contribution < -0.4 is 5.32 Å². The van der Waals surface area contributed by atoms with E-state index in [0.717, 1.165) is 11.3 Å². The molecule has 0 radical (unpaired) electrons. The molecule has 2 aromatic heterocycles. The fourth-order valence-corrected chi connectivity index (χ4v) is 2.60. The second-order valence-electron chi connectivity index (χ2n) is 6.85. The summed E-state index contributed by atoms with van der Waals surface area (Å²) in [6, 6.07) is 5.28. The maximum absolute atomic E-state index is 12.4. The lowest BCUT2D eigenvalue weighted by Gasteiger charge is -2.29. The third kappa shape index (κ3) is 3.96. The van der Waals surface area contributed by atoms with Gasteiger partial charge in [-0.25, -0.2) is 9.78 Å². The smallest absolute Gasteiger partial charge is 0.410 e. The highest BCUT2D eigenvalue weighted by Crippen LogP contribution is 2.22. The summed E-state index contributed by atoms with van der Waals surface area (Å²) in [5.74, 6) is 0.150. The van der Waals surface area contributed by atoms with Gasteiger partial charge in [-0.1, -0.05) is 6.07 Å². The zero-order valence-corrected chi connectivity index (χ0v) is 14.5. The third-order valence-corrected chi connectivity index (χ3v) is 3.71. The van der Waals surface area contributed by atoms with Crippen molar-refractivity contribution in [1.29, 1.82) is 0 Å². The largest absolute Gasteiger partial charge is 0.444 e. The van der Waals surface area contributed by atoms with Crippen LogP contribution in [0.5, 0.6) is 0 Å². The minimum absolute atomic E-state index is 0.318. The monoisotopic (exact) mass is 343 g/mol. The Morgan fingerprint density at radius 3 is 2.80 bits per heavy atom. The third-order valence-electron chi connectivity index (χ3n) is 3.71. The SMILES string of the molecule is CC(C)(C)OC(=O)N1CCc2c(C(=O)Nc3ccccn3)n[nH]c2C1. The van der Waals surface area contributed by atoms with E-state index in [1.54, 1.807) is 29.3 Å². The second-order valence-corrected chi connectivity index (χ2v) is 6.85. The molecule has 0 aromatic carbocycles. The predicted molar refractivity (Wildman–Crippen MR) is 91.1 cm³/mol. The maximum Gasteiger partial charge on any atom is 0.410 e. The standard InChI is InChI=1S/C17H21N5O3/c1-17(2,3)25-16(24)22-9-7-11-12(10-22)20-21-14(11)15(23)19-13-6-4-5-8-18-13/h4-6,8H,7,9-10H2,1-3H3,(H,20,21)(H,18,19,23). The topological polar surface area (TPSA) is 100 Å². The van der Waals surface area contributed by atoms with E-state index < -0.39 is 5.60 Å². The van der Waals surface area contributed by atoms with Crippen molar-refractivity contribution in [2.75, 3.05) is 11.9 Å². The average molecular weight is 343 g/mol. The van der Waals surface area contributed by atoms with Gasteiger partial charge < -0.3 is 15.0 Å². The number of fused-ring (bicyclic) bond motifs is 1. The molecule has 0 aliphatic carbocycles. The number of hydrogen-bond acceptors (Lipinski definition) is 5. The summed E-state index contributed by atoms with van der Waals surface area (Å²) in [6.07, 6.45) is 1.77. The van der Waals surface area contributed by atoms with E-state index in [9.17, 15) is 9.59 Å². The molecule has 0 spiro atoms. The second kappa shape index (κ2) is 6.54. The molecule has 0 saturated heterocycles. The minimum atomic E-state index is -0.543. The molecule has 0 bridgehead atoms. The lowest BCUT2D eigenvalue weighted by molar-refractivity contribution is 0.0221. The number of aromatic amines is 1. The Bertz CT molecular complexity index is 779. The molecule has 8 heteroatoms. The molecule has 2 aromatic rings. The zero-order valence-electron chi connectivity index (χ0n) is 14.5. The molecule has 3 heterocycles. The quantitative estimate of drug-likeness (QED) is 0.872. The minimum Gasteiger partial charge on any atom is -0.444 e. The number of ether oxygens (including phenoxy) is 1. The highest BCUT2D eigenvalue weighted by molar-refractivity contribution is 6.03. The number of carbonyl (C=O) groups excluding carboxylic acids is 2. The normalized spacial score (nSPS) is 14.0. The van der Waals surface area contributed by atoms with E-state index in [2.05, 4.69) is 20.5 Å². The summed E-state index contributed by atoms with van der Waals surface area (Å²) >= 11 is 0. The van der Waals surface area contributed by atoms with E-state index in [1.807, 2.05) is 20.8 Å². The van der Waals surface area contributed by atoms with Crippen molar-refractivity contribution in [3.63, 3.8) is 0 Å². The number of hydrogen-bond donors (Lipinski definition) is 2. The summed E-state index contributed by atoms with van der Waals surface area (Å²) < 4.78 is 5.39. The highest BCUT2D eigenvalue weighted by atomic mass is 16.6. The van der Waals surface area contributed by atoms with Gasteiger partial charge in [0.15, 0.2) is 5.69 Å². The van der Waals surface area contributed by atoms with Crippen molar-refractivity contribution < 1.29 is 14.3 Å². The molecule has 0 atom stereocenters. The van der Waals surface area contributed by atoms with Gasteiger partial charge in [0.25, 0.3) is 5.91 Å². The molecule has 2 amide bonds. The van der Waals surface area contributed by atoms with Crippen LogP contribution in [0, 0.1) is 0 Å². The lowest BCUT2D eigenvalue weighted by atomic mass is 10.0. The van der Waals surface area contributed by atoms with E-state index in [-0.39, 0.29) is 12.0 Å². The highest BCUT2D eigenvalue weighted by Gasteiger charge is 2.30. The van der Waals surface area contributed by atoms with Gasteiger partial charge >= 0.3 is 6.09 Å². The first-order chi connectivity index (χ1) is 11.8. The fraction of sp³-hybridized carbons (Fsp3) is 0.412. The first kappa shape index (κ1) is 16.9. The summed E-state index contributed by atoms with van der Waals surface area (Å²) in [5.41, 5.74) is 1.38. The maximum atomic E-state index is 12.4. The van der Waals surface area contributed by atoms with Crippen LogP contribution in [0.1, 0.15) is 42.5 Å². The molecule has 0 unspecified atom stereocenters. The van der Waals surface area contributed by atoms with Gasteiger partial charge in [0, 0.05) is 18.3 Å². The van der Waals surface area contributed by atoms with E-state index in [4.69, 9.17) is 4.74 Å². The molecule has 1 aliphatic rings. The number of aromatic nitrogens is 3. The van der Waals surface area contributed by atoms with Gasteiger partial charge in [0.05, 0.1) is 12.2 Å². The molecule has 0 saturated carbocycles. The van der Waals surface area contributed by atoms with Gasteiger partial charge in [-0.2, -0.15) is 5.10 Å². The summed E-state index contributed by atoms with van der Waals surface area (Å²) in [5, 5.41) is 9.70. The molecule has 8 nitrogen and oxygen atoms in total. The Balaban J connectivity index is 1.70. The number of nitrogens with one attached hydrogen (secondary N) is 2. The van der Waals surface area contributed by atoms with E-state index in [0.29, 0.717) is 31.0 Å². The molecule has 25 heavy (non-hydrogen) atoms. The van der Waals surface area contributed by atoms with Gasteiger partial charge in [-0.15, -0.1) is 0 Å². The van der Waals surface area contributed by atoms with Crippen molar-refractivity contribution in [1.82, 2.24) is 20.1 Å². The van der Waals surface area contributed by atoms with Crippen LogP contribution >= 0.6 is 0 Å². The summed E-state index contributed by atoms with van der Waals surface area (Å²) in [4.78, 5) is 30.3. The molecule has 3 rings (SSSR count). The van der Waals surface area contributed by atoms with Crippen LogP contribution in [-0.2, 0) is 17.7 Å². The van der Waals surface area contributed by atoms with Crippen LogP contribution in [-0.4, -0.2) is 44.2 Å². The van der Waals surface area contributed by atoms with E-state index in [1.165, 1.54) is 0 Å². The number of anilines is 1. The molecule has 2 N–H and O–H groups in total. The van der Waals surface area contributed by atoms with Gasteiger partial charge in [-0.3, -0.25) is 9.89 Å². The van der Waals surface area contributed by atoms with Crippen molar-refractivity contribution in [2.45, 2.75) is 39.3 Å². The molecule has 0 fully saturated rings. The number of pyridine rings is 1. The van der Waals surface area contributed by atoms with Gasteiger partial charge in [0.1, 0.15) is 11.4 Å². The number of H-pyrrole nitrogens is 1. The number of nitrogens with zero attached hydrogens (tertiary/aromatic N) is 3. The van der Waals surface area contributed by atoms with Gasteiger partial charge in [0.2, 0.25) is 0 Å². The van der Waals surface area contributed by atoms with Gasteiger partial charge in [-0.05, 0) is 39.3 Å². The number of carbonyl (C=O) groups is 2. The molecular weight excluding hydrogens is 322 g/mol. The van der Waals surface area contributed by atoms with Crippen LogP contribution in [0.15, 0.2) is 24.4 Å². The molecule has 1 aliphatic heterocycles. The first-order valence-electron chi connectivity index (χ1n) is 8.10. The van der Waals surface area contributed by atoms with Crippen molar-refractivity contribution in [3.8, 4) is 0 Å². The number of rotatable bonds is 2. The predicted octanol–water partition coefficient (Wildman–Crippen LogP) is 2.35. The Kier molecular flexibility index (Phi) is 4.43. The first-order valence-corrected chi connectivity index (χ1v) is 8.10. The Morgan fingerprint density at radius 2 is 2.12 bits per heavy atom. The summed E-state index contributed by atoms with van der Waals surface area (Å²) in [7, 11) is 0. The summed E-state index contributed by atoms with van der Waals surface area (Å²) in [6.45, 7) is 6.31. The fourth-order valence-electron chi connectivity index (χ4n) is 2.60. The van der Waals surface area contributed by atoms with Crippen LogP contribution in [0.3, 0.4) is 0 Å². The van der Waals surface area contributed by atoms with Crippen molar-refractivity contribution in [2.24, 2.45) is 0 Å². The van der Waals surface area contributed by atoms with Crippen LogP contribution in [0.4, 0.5) is 10.6 Å². The zero-order chi connectivity index (χ0) is 18.0. The Hall–Kier alpha value is -2.90. The molecular formula is C17H21N5O3. The van der Waals surface area contributed by atoms with Crippen LogP contribution in [0.25, 0.3) is 0 Å². The molecule has 132 valence electrons. The number of amides is 2. The lowest BCUT2D eigenvalue weighted by Crippen LogP contribution is -2.40. The van der Waals surface area contributed by atoms with E-state index >= 15 is 0 Å². The van der Waals surface area contributed by atoms with Crippen LogP contribution in [0.2, 0.25) is 0 Å². The Morgan fingerprint density at radius 1 is 1.32 bits per heavy atom. The average Bonchev–Trinajstić information content (AvgIpc) is 2.97. The van der Waals surface area contributed by atoms with Crippen molar-refractivity contribution >= 4 is 17.8 Å². The Labute approximate surface area is 145 Å². The van der Waals surface area contributed by atoms with Crippen molar-refractivity contribution in [3.05, 3.63) is 41.3 Å².